The fourth-order valence-electron chi connectivity index (χ4n) is 4.88. The van der Waals surface area contributed by atoms with Crippen LogP contribution in [0.1, 0.15) is 66.6 Å². The molecule has 0 aromatic heterocycles. The van der Waals surface area contributed by atoms with Crippen molar-refractivity contribution in [2.24, 2.45) is 5.41 Å². The van der Waals surface area contributed by atoms with Crippen molar-refractivity contribution in [2.75, 3.05) is 0 Å². The third-order valence-corrected chi connectivity index (χ3v) is 8.16. The van der Waals surface area contributed by atoms with Gasteiger partial charge in [-0.3, -0.25) is 0 Å². The summed E-state index contributed by atoms with van der Waals surface area (Å²) in [6.45, 7) is 2.42. The number of fused-ring (bicyclic) bond motifs is 1. The summed E-state index contributed by atoms with van der Waals surface area (Å²) >= 11 is 1.64. The van der Waals surface area contributed by atoms with E-state index in [1.807, 2.05) is 0 Å². The van der Waals surface area contributed by atoms with Crippen molar-refractivity contribution in [2.45, 2.75) is 55.5 Å². The van der Waals surface area contributed by atoms with Crippen LogP contribution in [0.25, 0.3) is 17.2 Å². The zero-order valence-electron chi connectivity index (χ0n) is 15.2. The molecular weight excluding hydrogens is 379 g/mol. The van der Waals surface area contributed by atoms with Gasteiger partial charge >= 0.3 is 168 Å². The molecule has 0 amide bonds. The second-order valence-electron chi connectivity index (χ2n) is 7.92. The summed E-state index contributed by atoms with van der Waals surface area (Å²) in [5.74, 6) is 0. The quantitative estimate of drug-likeness (QED) is 0.508. The van der Waals surface area contributed by atoms with Crippen molar-refractivity contribution < 1.29 is 24.7 Å². The Hall–Kier alpha value is -0.937. The first-order valence-corrected chi connectivity index (χ1v) is 11.2. The molecule has 0 spiro atoms. The van der Waals surface area contributed by atoms with Gasteiger partial charge in [0.1, 0.15) is 0 Å². The molecule has 2 aromatic carbocycles. The van der Waals surface area contributed by atoms with Gasteiger partial charge < -0.3 is 0 Å². The summed E-state index contributed by atoms with van der Waals surface area (Å²) in [5.41, 5.74) is 8.11. The zero-order chi connectivity index (χ0) is 17.3. The Morgan fingerprint density at radius 1 is 0.960 bits per heavy atom. The summed E-state index contributed by atoms with van der Waals surface area (Å²) < 4.78 is 0.663. The third-order valence-electron chi connectivity index (χ3n) is 6.48. The van der Waals surface area contributed by atoms with Crippen molar-refractivity contribution in [1.82, 2.24) is 0 Å². The molecule has 0 saturated heterocycles. The fourth-order valence-corrected chi connectivity index (χ4v) is 5.95. The van der Waals surface area contributed by atoms with Crippen LogP contribution in [0.15, 0.2) is 54.1 Å². The molecule has 1 heteroatoms. The fraction of sp³-hybridized carbons (Fsp3) is 0.417. The predicted octanol–water partition coefficient (Wildman–Crippen LogP) is 7.09. The summed E-state index contributed by atoms with van der Waals surface area (Å²) in [6.07, 6.45) is 12.4. The van der Waals surface area contributed by atoms with Gasteiger partial charge in [0.2, 0.25) is 0 Å². The zero-order valence-corrected chi connectivity index (χ0v) is 17.7. The molecule has 1 saturated carbocycles. The van der Waals surface area contributed by atoms with E-state index in [2.05, 4.69) is 61.5 Å². The second kappa shape index (κ2) is 7.36. The first-order chi connectivity index (χ1) is 12.2. The van der Waals surface area contributed by atoms with Gasteiger partial charge in [0.15, 0.2) is 0 Å². The van der Waals surface area contributed by atoms with Crippen LogP contribution in [0.5, 0.6) is 0 Å². The molecule has 127 valence electrons. The average Bonchev–Trinajstić information content (AvgIpc) is 2.99. The Balaban J connectivity index is 1.69. The van der Waals surface area contributed by atoms with Crippen molar-refractivity contribution >= 4 is 6.08 Å². The molecule has 0 bridgehead atoms. The van der Waals surface area contributed by atoms with Crippen LogP contribution in [0.4, 0.5) is 0 Å². The van der Waals surface area contributed by atoms with Gasteiger partial charge in [-0.15, -0.1) is 0 Å². The van der Waals surface area contributed by atoms with Crippen LogP contribution in [-0.2, 0) is 24.7 Å². The monoisotopic (exact) mass is 405 g/mol. The number of allylic oxidation sites excluding steroid dienone is 1. The van der Waals surface area contributed by atoms with Gasteiger partial charge in [-0.25, -0.2) is 0 Å². The van der Waals surface area contributed by atoms with E-state index in [-0.39, 0.29) is 0 Å². The van der Waals surface area contributed by atoms with E-state index >= 15 is 0 Å². The van der Waals surface area contributed by atoms with Crippen molar-refractivity contribution in [3.8, 4) is 11.1 Å². The van der Waals surface area contributed by atoms with E-state index in [0.717, 1.165) is 0 Å². The summed E-state index contributed by atoms with van der Waals surface area (Å²) in [4.78, 5) is 0. The molecule has 25 heavy (non-hydrogen) atoms. The Labute approximate surface area is 167 Å². The molecule has 4 rings (SSSR count). The van der Waals surface area contributed by atoms with Gasteiger partial charge in [0.05, 0.1) is 0 Å². The Morgan fingerprint density at radius 2 is 1.72 bits per heavy atom. The van der Waals surface area contributed by atoms with E-state index in [1.165, 1.54) is 61.6 Å². The second-order valence-corrected chi connectivity index (χ2v) is 9.34. The molecule has 0 heterocycles. The maximum absolute atomic E-state index is 2.56. The van der Waals surface area contributed by atoms with Gasteiger partial charge in [-0.2, -0.15) is 0 Å². The van der Waals surface area contributed by atoms with Crippen LogP contribution in [0.2, 0.25) is 0 Å². The minimum atomic E-state index is 0.577. The molecule has 0 aliphatic heterocycles. The predicted molar refractivity (Wildman–Crippen MR) is 103 cm³/mol. The van der Waals surface area contributed by atoms with Gasteiger partial charge in [0, 0.05) is 0 Å². The molecule has 0 N–H and O–H groups in total. The van der Waals surface area contributed by atoms with Crippen LogP contribution < -0.4 is 0 Å². The molecule has 1 unspecified atom stereocenters. The number of rotatable bonds is 4. The van der Waals surface area contributed by atoms with Crippen LogP contribution >= 0.6 is 0 Å². The van der Waals surface area contributed by atoms with Crippen molar-refractivity contribution in [3.05, 3.63) is 65.2 Å². The Bertz CT molecular complexity index is 766. The van der Waals surface area contributed by atoms with Crippen molar-refractivity contribution in [1.29, 1.82) is 0 Å². The number of hydrogen-bond donors (Lipinski definition) is 0. The van der Waals surface area contributed by atoms with Crippen molar-refractivity contribution in [3.63, 3.8) is 0 Å². The topological polar surface area (TPSA) is 0 Å². The molecule has 1 atom stereocenters. The summed E-state index contributed by atoms with van der Waals surface area (Å²) in [6, 6.07) is 17.8. The molecule has 2 aliphatic rings. The van der Waals surface area contributed by atoms with E-state index < -0.39 is 0 Å². The van der Waals surface area contributed by atoms with E-state index in [9.17, 15) is 0 Å². The number of hydrogen-bond acceptors (Lipinski definition) is 0. The minimum absolute atomic E-state index is 0.577. The van der Waals surface area contributed by atoms with E-state index in [0.29, 0.717) is 9.04 Å². The van der Waals surface area contributed by atoms with Crippen LogP contribution in [0, 0.1) is 5.41 Å². The molecule has 1 fully saturated rings. The molecule has 0 nitrogen and oxygen atoms in total. The SMILES string of the molecule is CCC1(CC2=Cc3c(-c4ccccc4)cccc3[CH]2[Zr])CCCCC1. The number of benzene rings is 2. The first kappa shape index (κ1) is 17.5. The van der Waals surface area contributed by atoms with Crippen LogP contribution in [0.3, 0.4) is 0 Å². The standard InChI is InChI=1S/C24H27.Zr/c1-2-24(14-7-4-8-15-24)18-19-16-21-12-9-13-22(23(21)17-19)20-10-5-3-6-11-20;/h3,5-6,9-13,16-17H,2,4,7-8,14-15,18H2,1H3;. The average molecular weight is 407 g/mol. The normalized spacial score (nSPS) is 21.6. The summed E-state index contributed by atoms with van der Waals surface area (Å²) in [5, 5.41) is 0. The molecular formula is C24H27Zr. The molecule has 0 radical (unpaired) electrons. The molecule has 2 aliphatic carbocycles. The first-order valence-electron chi connectivity index (χ1n) is 9.82. The summed E-state index contributed by atoms with van der Waals surface area (Å²) in [7, 11) is 0. The van der Waals surface area contributed by atoms with Gasteiger partial charge in [-0.1, -0.05) is 0 Å². The maximum atomic E-state index is 2.56. The third kappa shape index (κ3) is 3.37. The van der Waals surface area contributed by atoms with Gasteiger partial charge in [0.25, 0.3) is 0 Å². The Kier molecular flexibility index (Phi) is 5.14. The van der Waals surface area contributed by atoms with Gasteiger partial charge in [-0.05, 0) is 0 Å². The van der Waals surface area contributed by atoms with Crippen LogP contribution in [-0.4, -0.2) is 0 Å². The molecule has 2 aromatic rings. The Morgan fingerprint density at radius 3 is 2.44 bits per heavy atom. The van der Waals surface area contributed by atoms with E-state index in [4.69, 9.17) is 0 Å². The van der Waals surface area contributed by atoms with E-state index in [1.54, 1.807) is 35.9 Å².